The number of amides is 1. The Labute approximate surface area is 144 Å². The number of halogens is 1. The summed E-state index contributed by atoms with van der Waals surface area (Å²) in [6.45, 7) is 3.29. The van der Waals surface area contributed by atoms with Gasteiger partial charge in [-0.3, -0.25) is 4.79 Å². The average Bonchev–Trinajstić information content (AvgIpc) is 3.32. The van der Waals surface area contributed by atoms with Gasteiger partial charge < -0.3 is 10.0 Å². The van der Waals surface area contributed by atoms with Gasteiger partial charge in [-0.15, -0.1) is 5.10 Å². The molecule has 1 saturated carbocycles. The molecule has 1 unspecified atom stereocenters. The third kappa shape index (κ3) is 3.24. The largest absolute Gasteiger partial charge is 0.480 e. The summed E-state index contributed by atoms with van der Waals surface area (Å²) in [5.74, 6) is -1.77. The number of carbonyl (C=O) groups is 2. The number of aliphatic carboxylic acids is 1. The number of aromatic nitrogens is 3. The van der Waals surface area contributed by atoms with Crippen molar-refractivity contribution in [2.24, 2.45) is 0 Å². The Kier molecular flexibility index (Phi) is 4.52. The lowest BCUT2D eigenvalue weighted by molar-refractivity contribution is -0.141. The first-order chi connectivity index (χ1) is 11.9. The molecule has 1 aromatic carbocycles. The van der Waals surface area contributed by atoms with Gasteiger partial charge in [0.1, 0.15) is 23.4 Å². The van der Waals surface area contributed by atoms with E-state index in [2.05, 4.69) is 10.1 Å². The minimum Gasteiger partial charge on any atom is -0.480 e. The smallest absolute Gasteiger partial charge is 0.326 e. The van der Waals surface area contributed by atoms with E-state index in [0.717, 1.165) is 12.8 Å². The SMILES string of the molecule is CCc1nc(C(=O)N(C2CC2)C(C)C(=O)O)nn1-c1ccccc1F. The van der Waals surface area contributed by atoms with Crippen molar-refractivity contribution in [3.8, 4) is 5.69 Å². The molecule has 0 aliphatic heterocycles. The molecular formula is C17H19FN4O3. The number of hydrogen-bond acceptors (Lipinski definition) is 4. The van der Waals surface area contributed by atoms with Gasteiger partial charge in [-0.05, 0) is 31.9 Å². The van der Waals surface area contributed by atoms with Crippen molar-refractivity contribution < 1.29 is 19.1 Å². The van der Waals surface area contributed by atoms with Gasteiger partial charge in [0, 0.05) is 12.5 Å². The van der Waals surface area contributed by atoms with Crippen LogP contribution in [0.5, 0.6) is 0 Å². The Morgan fingerprint density at radius 3 is 2.64 bits per heavy atom. The van der Waals surface area contributed by atoms with Gasteiger partial charge in [0.05, 0.1) is 0 Å². The second-order valence-corrected chi connectivity index (χ2v) is 6.03. The van der Waals surface area contributed by atoms with E-state index in [1.54, 1.807) is 18.2 Å². The van der Waals surface area contributed by atoms with Crippen LogP contribution >= 0.6 is 0 Å². The monoisotopic (exact) mass is 346 g/mol. The zero-order valence-electron chi connectivity index (χ0n) is 14.0. The Hall–Kier alpha value is -2.77. The second-order valence-electron chi connectivity index (χ2n) is 6.03. The topological polar surface area (TPSA) is 88.3 Å². The Bertz CT molecular complexity index is 816. The number of rotatable bonds is 6. The highest BCUT2D eigenvalue weighted by Gasteiger charge is 2.40. The molecule has 25 heavy (non-hydrogen) atoms. The highest BCUT2D eigenvalue weighted by molar-refractivity contribution is 5.94. The summed E-state index contributed by atoms with van der Waals surface area (Å²) in [4.78, 5) is 29.6. The first-order valence-electron chi connectivity index (χ1n) is 8.20. The first kappa shape index (κ1) is 17.1. The quantitative estimate of drug-likeness (QED) is 0.865. The third-order valence-electron chi connectivity index (χ3n) is 4.21. The molecular weight excluding hydrogens is 327 g/mol. The van der Waals surface area contributed by atoms with Crippen LogP contribution in [0.3, 0.4) is 0 Å². The van der Waals surface area contributed by atoms with Crippen LogP contribution in [0.4, 0.5) is 4.39 Å². The molecule has 1 aromatic heterocycles. The zero-order valence-corrected chi connectivity index (χ0v) is 14.0. The summed E-state index contributed by atoms with van der Waals surface area (Å²) >= 11 is 0. The van der Waals surface area contributed by atoms with Crippen molar-refractivity contribution in [3.63, 3.8) is 0 Å². The molecule has 0 spiro atoms. The van der Waals surface area contributed by atoms with E-state index in [-0.39, 0.29) is 17.6 Å². The predicted octanol–water partition coefficient (Wildman–Crippen LogP) is 2.05. The molecule has 1 aliphatic rings. The predicted molar refractivity (Wildman–Crippen MR) is 87.0 cm³/mol. The fourth-order valence-electron chi connectivity index (χ4n) is 2.73. The highest BCUT2D eigenvalue weighted by atomic mass is 19.1. The van der Waals surface area contributed by atoms with Gasteiger partial charge in [0.15, 0.2) is 0 Å². The molecule has 3 rings (SSSR count). The van der Waals surface area contributed by atoms with Crippen LogP contribution in [0.25, 0.3) is 5.69 Å². The van der Waals surface area contributed by atoms with Crippen LogP contribution in [-0.2, 0) is 11.2 Å². The molecule has 1 heterocycles. The van der Waals surface area contributed by atoms with Crippen molar-refractivity contribution in [1.82, 2.24) is 19.7 Å². The number of carboxylic acid groups (broad SMARTS) is 1. The molecule has 132 valence electrons. The average molecular weight is 346 g/mol. The fraction of sp³-hybridized carbons (Fsp3) is 0.412. The Morgan fingerprint density at radius 1 is 1.40 bits per heavy atom. The summed E-state index contributed by atoms with van der Waals surface area (Å²) in [5.41, 5.74) is 0.204. The maximum Gasteiger partial charge on any atom is 0.326 e. The number of nitrogens with zero attached hydrogens (tertiary/aromatic N) is 4. The van der Waals surface area contributed by atoms with Crippen LogP contribution in [0.15, 0.2) is 24.3 Å². The summed E-state index contributed by atoms with van der Waals surface area (Å²) in [7, 11) is 0. The number of carboxylic acids is 1. The lowest BCUT2D eigenvalue weighted by Gasteiger charge is -2.24. The summed E-state index contributed by atoms with van der Waals surface area (Å²) in [6.07, 6.45) is 1.97. The van der Waals surface area contributed by atoms with E-state index in [4.69, 9.17) is 0 Å². The van der Waals surface area contributed by atoms with Crippen LogP contribution in [0, 0.1) is 5.82 Å². The molecule has 1 amide bonds. The van der Waals surface area contributed by atoms with Crippen LogP contribution in [0.2, 0.25) is 0 Å². The molecule has 8 heteroatoms. The number of aryl methyl sites for hydroxylation is 1. The molecule has 0 radical (unpaired) electrons. The molecule has 0 saturated heterocycles. The molecule has 1 fully saturated rings. The summed E-state index contributed by atoms with van der Waals surface area (Å²) < 4.78 is 15.4. The molecule has 1 atom stereocenters. The molecule has 2 aromatic rings. The minimum absolute atomic E-state index is 0.107. The number of hydrogen-bond donors (Lipinski definition) is 1. The van der Waals surface area contributed by atoms with Gasteiger partial charge in [-0.2, -0.15) is 0 Å². The Morgan fingerprint density at radius 2 is 2.08 bits per heavy atom. The zero-order chi connectivity index (χ0) is 18.1. The maximum atomic E-state index is 14.1. The van der Waals surface area contributed by atoms with Crippen LogP contribution in [0.1, 0.15) is 43.1 Å². The maximum absolute atomic E-state index is 14.1. The molecule has 1 aliphatic carbocycles. The van der Waals surface area contributed by atoms with Crippen LogP contribution < -0.4 is 0 Å². The highest BCUT2D eigenvalue weighted by Crippen LogP contribution is 2.30. The van der Waals surface area contributed by atoms with E-state index in [1.807, 2.05) is 6.92 Å². The van der Waals surface area contributed by atoms with Gasteiger partial charge >= 0.3 is 5.97 Å². The lowest BCUT2D eigenvalue weighted by Crippen LogP contribution is -2.45. The first-order valence-corrected chi connectivity index (χ1v) is 8.20. The summed E-state index contributed by atoms with van der Waals surface area (Å²) in [6, 6.07) is 5.02. The third-order valence-corrected chi connectivity index (χ3v) is 4.21. The number of benzene rings is 1. The van der Waals surface area contributed by atoms with Gasteiger partial charge in [-0.25, -0.2) is 18.9 Å². The molecule has 1 N–H and O–H groups in total. The van der Waals surface area contributed by atoms with Crippen LogP contribution in [-0.4, -0.2) is 48.7 Å². The summed E-state index contributed by atoms with van der Waals surface area (Å²) in [5, 5.41) is 13.4. The second kappa shape index (κ2) is 6.62. The molecule has 0 bridgehead atoms. The molecule has 7 nitrogen and oxygen atoms in total. The Balaban J connectivity index is 1.99. The van der Waals surface area contributed by atoms with E-state index >= 15 is 0 Å². The lowest BCUT2D eigenvalue weighted by atomic mass is 10.2. The van der Waals surface area contributed by atoms with Gasteiger partial charge in [0.2, 0.25) is 5.82 Å². The van der Waals surface area contributed by atoms with Crippen molar-refractivity contribution in [2.45, 2.75) is 45.2 Å². The standard InChI is InChI=1S/C17H19FN4O3/c1-3-14-19-15(20-22(14)13-7-5-4-6-12(13)18)16(23)21(11-8-9-11)10(2)17(24)25/h4-7,10-11H,3,8-9H2,1-2H3,(H,24,25). The number of para-hydroxylation sites is 1. The van der Waals surface area contributed by atoms with Crippen molar-refractivity contribution in [2.75, 3.05) is 0 Å². The van der Waals surface area contributed by atoms with E-state index in [1.165, 1.54) is 22.6 Å². The van der Waals surface area contributed by atoms with Crippen molar-refractivity contribution in [1.29, 1.82) is 0 Å². The minimum atomic E-state index is -1.08. The normalized spacial score (nSPS) is 15.0. The van der Waals surface area contributed by atoms with Gasteiger partial charge in [0.25, 0.3) is 5.91 Å². The van der Waals surface area contributed by atoms with E-state index in [0.29, 0.717) is 12.2 Å². The van der Waals surface area contributed by atoms with E-state index in [9.17, 15) is 19.1 Å². The van der Waals surface area contributed by atoms with E-state index < -0.39 is 23.7 Å². The fourth-order valence-corrected chi connectivity index (χ4v) is 2.73. The van der Waals surface area contributed by atoms with Crippen molar-refractivity contribution >= 4 is 11.9 Å². The number of carbonyl (C=O) groups excluding carboxylic acids is 1. The van der Waals surface area contributed by atoms with Crippen molar-refractivity contribution in [3.05, 3.63) is 41.7 Å². The van der Waals surface area contributed by atoms with Gasteiger partial charge in [-0.1, -0.05) is 19.1 Å².